The Morgan fingerprint density at radius 3 is 1.96 bits per heavy atom. The van der Waals surface area contributed by atoms with E-state index in [2.05, 4.69) is 17.0 Å². The molecule has 1 heterocycles. The third-order valence-corrected chi connectivity index (χ3v) is 6.50. The molecule has 0 radical (unpaired) electrons. The molecule has 1 saturated heterocycles. The number of benzene rings is 1. The number of carboxylic acid groups (broad SMARTS) is 1. The zero-order chi connectivity index (χ0) is 17.4. The molecule has 0 unspecified atom stereocenters. The third kappa shape index (κ3) is 3.00. The molecule has 1 amide bonds. The van der Waals surface area contributed by atoms with Crippen LogP contribution in [-0.4, -0.2) is 48.1 Å². The number of hydrogen-bond acceptors (Lipinski definition) is 3. The lowest BCUT2D eigenvalue weighted by molar-refractivity contribution is -0.162. The zero-order valence-corrected chi connectivity index (χ0v) is 14.5. The Morgan fingerprint density at radius 1 is 0.840 bits per heavy atom. The average Bonchev–Trinajstić information content (AvgIpc) is 2.68. The highest BCUT2D eigenvalue weighted by Crippen LogP contribution is 2.49. The first kappa shape index (κ1) is 16.4. The standard InChI is InChI=1S/C20H26N2O3/c23-19(17-14-6-8-15(9-7-14)18(17)20(24)25)22-12-10-21(11-13-22)16-4-2-1-3-5-16/h1-5,14-15,17-18H,6-13H2,(H,24,25)/t14?,15?,17-,18+/m1/s1. The third-order valence-electron chi connectivity index (χ3n) is 6.50. The lowest BCUT2D eigenvalue weighted by Crippen LogP contribution is -2.56. The molecule has 2 atom stereocenters. The molecule has 1 N–H and O–H groups in total. The largest absolute Gasteiger partial charge is 0.481 e. The van der Waals surface area contributed by atoms with Crippen LogP contribution in [0.3, 0.4) is 0 Å². The van der Waals surface area contributed by atoms with Gasteiger partial charge in [-0.15, -0.1) is 0 Å². The molecule has 0 aromatic heterocycles. The second kappa shape index (κ2) is 6.70. The van der Waals surface area contributed by atoms with Crippen LogP contribution < -0.4 is 4.90 Å². The first-order valence-corrected chi connectivity index (χ1v) is 9.47. The topological polar surface area (TPSA) is 60.9 Å². The predicted molar refractivity (Wildman–Crippen MR) is 95.3 cm³/mol. The molecule has 3 aliphatic carbocycles. The minimum Gasteiger partial charge on any atom is -0.481 e. The van der Waals surface area contributed by atoms with Crippen LogP contribution in [0.15, 0.2) is 30.3 Å². The first-order chi connectivity index (χ1) is 12.1. The number of hydrogen-bond donors (Lipinski definition) is 1. The number of para-hydroxylation sites is 1. The van der Waals surface area contributed by atoms with Gasteiger partial charge in [-0.25, -0.2) is 0 Å². The van der Waals surface area contributed by atoms with Gasteiger partial charge in [0.15, 0.2) is 0 Å². The highest BCUT2D eigenvalue weighted by atomic mass is 16.4. The van der Waals surface area contributed by atoms with Crippen molar-refractivity contribution in [3.63, 3.8) is 0 Å². The van der Waals surface area contributed by atoms with Crippen LogP contribution in [0.4, 0.5) is 5.69 Å². The Hall–Kier alpha value is -2.04. The van der Waals surface area contributed by atoms with Crippen molar-refractivity contribution in [1.29, 1.82) is 0 Å². The molecular formula is C20H26N2O3. The lowest BCUT2D eigenvalue weighted by Gasteiger charge is -2.48. The van der Waals surface area contributed by atoms with Gasteiger partial charge in [-0.3, -0.25) is 9.59 Å². The van der Waals surface area contributed by atoms with Gasteiger partial charge in [0.05, 0.1) is 11.8 Å². The summed E-state index contributed by atoms with van der Waals surface area (Å²) < 4.78 is 0. The fourth-order valence-corrected chi connectivity index (χ4v) is 5.19. The number of carbonyl (C=O) groups is 2. The maximum absolute atomic E-state index is 13.1. The van der Waals surface area contributed by atoms with Crippen molar-refractivity contribution in [3.8, 4) is 0 Å². The van der Waals surface area contributed by atoms with Gasteiger partial charge in [0.25, 0.3) is 0 Å². The molecule has 5 rings (SSSR count). The molecule has 1 aromatic rings. The molecular weight excluding hydrogens is 316 g/mol. The number of rotatable bonds is 3. The van der Waals surface area contributed by atoms with Gasteiger partial charge in [0.1, 0.15) is 0 Å². The molecule has 4 fully saturated rings. The van der Waals surface area contributed by atoms with Crippen molar-refractivity contribution in [3.05, 3.63) is 30.3 Å². The molecule has 5 heteroatoms. The molecule has 5 nitrogen and oxygen atoms in total. The SMILES string of the molecule is O=C(O)[C@H]1C2CCC(CC2)[C@H]1C(=O)N1CCN(c2ccccc2)CC1. The number of anilines is 1. The van der Waals surface area contributed by atoms with E-state index in [9.17, 15) is 14.7 Å². The molecule has 25 heavy (non-hydrogen) atoms. The minimum atomic E-state index is -0.768. The van der Waals surface area contributed by atoms with Gasteiger partial charge in [-0.05, 0) is 49.7 Å². The predicted octanol–water partition coefficient (Wildman–Crippen LogP) is 2.47. The van der Waals surface area contributed by atoms with E-state index in [1.165, 1.54) is 5.69 Å². The number of amides is 1. The van der Waals surface area contributed by atoms with E-state index in [4.69, 9.17) is 0 Å². The smallest absolute Gasteiger partial charge is 0.307 e. The summed E-state index contributed by atoms with van der Waals surface area (Å²) in [7, 11) is 0. The molecule has 2 bridgehead atoms. The molecule has 134 valence electrons. The molecule has 1 aliphatic heterocycles. The van der Waals surface area contributed by atoms with E-state index in [-0.39, 0.29) is 23.7 Å². The van der Waals surface area contributed by atoms with Crippen LogP contribution in [0.2, 0.25) is 0 Å². The summed E-state index contributed by atoms with van der Waals surface area (Å²) in [6, 6.07) is 10.3. The fourth-order valence-electron chi connectivity index (χ4n) is 5.19. The van der Waals surface area contributed by atoms with Gasteiger partial charge >= 0.3 is 5.97 Å². The number of fused-ring (bicyclic) bond motifs is 3. The van der Waals surface area contributed by atoms with Gasteiger partial charge in [0, 0.05) is 31.9 Å². The zero-order valence-electron chi connectivity index (χ0n) is 14.5. The van der Waals surface area contributed by atoms with Crippen LogP contribution in [-0.2, 0) is 9.59 Å². The molecule has 4 aliphatic rings. The summed E-state index contributed by atoms with van der Waals surface area (Å²) in [6.07, 6.45) is 4.00. The quantitative estimate of drug-likeness (QED) is 0.917. The Balaban J connectivity index is 1.44. The van der Waals surface area contributed by atoms with E-state index in [0.29, 0.717) is 13.1 Å². The molecule has 0 spiro atoms. The first-order valence-electron chi connectivity index (χ1n) is 9.47. The number of piperazine rings is 1. The van der Waals surface area contributed by atoms with Crippen molar-refractivity contribution in [1.82, 2.24) is 4.90 Å². The van der Waals surface area contributed by atoms with Crippen LogP contribution in [0.25, 0.3) is 0 Å². The van der Waals surface area contributed by atoms with Gasteiger partial charge < -0.3 is 14.9 Å². The Labute approximate surface area is 148 Å². The minimum absolute atomic E-state index is 0.0921. The van der Waals surface area contributed by atoms with Crippen molar-refractivity contribution in [2.75, 3.05) is 31.1 Å². The molecule has 1 aromatic carbocycles. The number of aliphatic carboxylic acids is 1. The van der Waals surface area contributed by atoms with Crippen molar-refractivity contribution >= 4 is 17.6 Å². The monoisotopic (exact) mass is 342 g/mol. The van der Waals surface area contributed by atoms with Crippen LogP contribution in [0.5, 0.6) is 0 Å². The van der Waals surface area contributed by atoms with Crippen molar-refractivity contribution in [2.24, 2.45) is 23.7 Å². The summed E-state index contributed by atoms with van der Waals surface area (Å²) in [6.45, 7) is 3.00. The van der Waals surface area contributed by atoms with Gasteiger partial charge in [0.2, 0.25) is 5.91 Å². The van der Waals surface area contributed by atoms with E-state index < -0.39 is 11.9 Å². The van der Waals surface area contributed by atoms with E-state index >= 15 is 0 Å². The number of carbonyl (C=O) groups excluding carboxylic acids is 1. The van der Waals surface area contributed by atoms with Crippen LogP contribution in [0, 0.1) is 23.7 Å². The average molecular weight is 342 g/mol. The summed E-state index contributed by atoms with van der Waals surface area (Å²) in [5.74, 6) is -0.974. The van der Waals surface area contributed by atoms with Crippen molar-refractivity contribution in [2.45, 2.75) is 25.7 Å². The summed E-state index contributed by atoms with van der Waals surface area (Å²) >= 11 is 0. The number of nitrogens with zero attached hydrogens (tertiary/aromatic N) is 2. The number of carboxylic acids is 1. The highest BCUT2D eigenvalue weighted by molar-refractivity contribution is 5.86. The van der Waals surface area contributed by atoms with Crippen LogP contribution >= 0.6 is 0 Å². The Bertz CT molecular complexity index is 632. The second-order valence-corrected chi connectivity index (χ2v) is 7.71. The highest BCUT2D eigenvalue weighted by Gasteiger charge is 2.51. The van der Waals surface area contributed by atoms with Gasteiger partial charge in [-0.2, -0.15) is 0 Å². The fraction of sp³-hybridized carbons (Fsp3) is 0.600. The second-order valence-electron chi connectivity index (χ2n) is 7.71. The van der Waals surface area contributed by atoms with E-state index in [1.54, 1.807) is 0 Å². The summed E-state index contributed by atoms with van der Waals surface area (Å²) in [5, 5.41) is 9.69. The van der Waals surface area contributed by atoms with Crippen molar-refractivity contribution < 1.29 is 14.7 Å². The Morgan fingerprint density at radius 2 is 1.40 bits per heavy atom. The molecule has 3 saturated carbocycles. The maximum atomic E-state index is 13.1. The van der Waals surface area contributed by atoms with E-state index in [1.807, 2.05) is 23.1 Å². The summed E-state index contributed by atoms with van der Waals surface area (Å²) in [4.78, 5) is 29.2. The van der Waals surface area contributed by atoms with E-state index in [0.717, 1.165) is 38.8 Å². The van der Waals surface area contributed by atoms with Gasteiger partial charge in [-0.1, -0.05) is 18.2 Å². The van der Waals surface area contributed by atoms with Crippen LogP contribution in [0.1, 0.15) is 25.7 Å². The lowest BCUT2D eigenvalue weighted by atomic mass is 9.58. The Kier molecular flexibility index (Phi) is 4.40. The summed E-state index contributed by atoms with van der Waals surface area (Å²) in [5.41, 5.74) is 1.19. The normalized spacial score (nSPS) is 31.8. The maximum Gasteiger partial charge on any atom is 0.307 e.